The molecule has 1 saturated heterocycles. The first-order valence-electron chi connectivity index (χ1n) is 10.2. The second kappa shape index (κ2) is 9.86. The van der Waals surface area contributed by atoms with E-state index in [2.05, 4.69) is 50.0 Å². The predicted molar refractivity (Wildman–Crippen MR) is 118 cm³/mol. The minimum absolute atomic E-state index is 0.0311. The molecule has 30 heavy (non-hydrogen) atoms. The van der Waals surface area contributed by atoms with Crippen LogP contribution in [0.5, 0.6) is 0 Å². The summed E-state index contributed by atoms with van der Waals surface area (Å²) in [7, 11) is 0. The highest BCUT2D eigenvalue weighted by atomic mass is 32.2. The van der Waals surface area contributed by atoms with E-state index >= 15 is 0 Å². The lowest BCUT2D eigenvalue weighted by molar-refractivity contribution is -0.120. The van der Waals surface area contributed by atoms with E-state index in [1.54, 1.807) is 22.8 Å². The number of benzene rings is 2. The Bertz CT molecular complexity index is 949. The lowest BCUT2D eigenvalue weighted by Crippen LogP contribution is -2.40. The minimum Gasteiger partial charge on any atom is -0.325 e. The number of carbonyl (C=O) groups excluding carboxylic acids is 1. The third kappa shape index (κ3) is 5.06. The van der Waals surface area contributed by atoms with Crippen molar-refractivity contribution in [1.29, 1.82) is 0 Å². The average Bonchev–Trinajstić information content (AvgIpc) is 3.45. The Morgan fingerprint density at radius 2 is 2.07 bits per heavy atom. The van der Waals surface area contributed by atoms with Crippen LogP contribution in [0.1, 0.15) is 24.4 Å². The Kier molecular flexibility index (Phi) is 6.76. The minimum atomic E-state index is -0.201. The number of amides is 1. The van der Waals surface area contributed by atoms with E-state index < -0.39 is 0 Å². The molecule has 3 aromatic rings. The van der Waals surface area contributed by atoms with E-state index in [1.165, 1.54) is 5.56 Å². The molecule has 1 fully saturated rings. The average molecular weight is 423 g/mol. The summed E-state index contributed by atoms with van der Waals surface area (Å²) < 4.78 is 1.77. The second-order valence-electron chi connectivity index (χ2n) is 7.50. The van der Waals surface area contributed by atoms with Crippen molar-refractivity contribution in [3.63, 3.8) is 0 Å². The fourth-order valence-electron chi connectivity index (χ4n) is 3.98. The van der Waals surface area contributed by atoms with Crippen LogP contribution in [0.25, 0.3) is 0 Å². The Hall–Kier alpha value is -2.71. The van der Waals surface area contributed by atoms with Gasteiger partial charge in [0.1, 0.15) is 6.33 Å². The molecule has 2 aromatic carbocycles. The number of nitrogens with one attached hydrogen (secondary N) is 1. The van der Waals surface area contributed by atoms with E-state index in [1.807, 2.05) is 36.6 Å². The maximum Gasteiger partial charge on any atom is 0.241 e. The monoisotopic (exact) mass is 422 g/mol. The van der Waals surface area contributed by atoms with Gasteiger partial charge in [-0.3, -0.25) is 9.69 Å². The fraction of sp³-hybridized carbons (Fsp3) is 0.364. The number of rotatable bonds is 8. The molecule has 8 heteroatoms. The topological polar surface area (TPSA) is 75.9 Å². The first-order chi connectivity index (χ1) is 14.7. The van der Waals surface area contributed by atoms with Gasteiger partial charge >= 0.3 is 0 Å². The zero-order chi connectivity index (χ0) is 20.8. The molecule has 2 atom stereocenters. The maximum absolute atomic E-state index is 13.2. The molecular weight excluding hydrogens is 396 g/mol. The first kappa shape index (κ1) is 20.6. The fourth-order valence-corrected chi connectivity index (χ4v) is 4.44. The van der Waals surface area contributed by atoms with Crippen LogP contribution in [0.4, 0.5) is 5.69 Å². The molecule has 0 saturated carbocycles. The predicted octanol–water partition coefficient (Wildman–Crippen LogP) is 3.28. The molecule has 4 rings (SSSR count). The molecule has 0 bridgehead atoms. The summed E-state index contributed by atoms with van der Waals surface area (Å²) in [5.74, 6) is 0.0311. The summed E-state index contributed by atoms with van der Waals surface area (Å²) in [5.41, 5.74) is 2.16. The van der Waals surface area contributed by atoms with Crippen LogP contribution in [0.2, 0.25) is 0 Å². The van der Waals surface area contributed by atoms with Crippen molar-refractivity contribution in [1.82, 2.24) is 25.1 Å². The number of likely N-dealkylation sites (tertiary alicyclic amines) is 1. The number of thioether (sulfide) groups is 1. The van der Waals surface area contributed by atoms with Crippen LogP contribution in [0, 0.1) is 0 Å². The number of anilines is 1. The maximum atomic E-state index is 13.2. The van der Waals surface area contributed by atoms with Gasteiger partial charge in [-0.25, -0.2) is 4.68 Å². The summed E-state index contributed by atoms with van der Waals surface area (Å²) in [6, 6.07) is 18.3. The second-order valence-corrected chi connectivity index (χ2v) is 8.38. The van der Waals surface area contributed by atoms with Crippen LogP contribution >= 0.6 is 11.8 Å². The van der Waals surface area contributed by atoms with Crippen molar-refractivity contribution in [2.75, 3.05) is 24.7 Å². The molecule has 1 amide bonds. The van der Waals surface area contributed by atoms with Crippen molar-refractivity contribution in [3.05, 3.63) is 66.5 Å². The Morgan fingerprint density at radius 3 is 2.83 bits per heavy atom. The molecule has 7 nitrogen and oxygen atoms in total. The van der Waals surface area contributed by atoms with Gasteiger partial charge in [0, 0.05) is 17.1 Å². The molecule has 0 aliphatic carbocycles. The Labute approximate surface area is 180 Å². The zero-order valence-corrected chi connectivity index (χ0v) is 17.8. The van der Waals surface area contributed by atoms with E-state index in [-0.39, 0.29) is 18.0 Å². The van der Waals surface area contributed by atoms with Gasteiger partial charge in [-0.15, -0.1) is 16.9 Å². The Balaban J connectivity index is 1.43. The molecule has 1 aromatic heterocycles. The molecule has 156 valence electrons. The van der Waals surface area contributed by atoms with Gasteiger partial charge in [0.05, 0.1) is 12.1 Å². The number of hydrogen-bond acceptors (Lipinski definition) is 6. The van der Waals surface area contributed by atoms with Crippen LogP contribution in [-0.2, 0) is 11.2 Å². The number of nitrogens with zero attached hydrogens (tertiary/aromatic N) is 5. The summed E-state index contributed by atoms with van der Waals surface area (Å²) in [6.07, 6.45) is 6.36. The van der Waals surface area contributed by atoms with E-state index in [9.17, 15) is 4.79 Å². The van der Waals surface area contributed by atoms with Gasteiger partial charge in [0.15, 0.2) is 0 Å². The normalized spacial score (nSPS) is 19.1. The Morgan fingerprint density at radius 1 is 1.20 bits per heavy atom. The SMILES string of the molecule is CSc1cccc(NC(=O)[C@@H]2C[C@H](n3cnnn3)CN2CCCc2ccccc2)c1. The van der Waals surface area contributed by atoms with Gasteiger partial charge in [-0.1, -0.05) is 36.4 Å². The van der Waals surface area contributed by atoms with Crippen LogP contribution in [-0.4, -0.2) is 56.4 Å². The summed E-state index contributed by atoms with van der Waals surface area (Å²) >= 11 is 1.66. The molecule has 1 aliphatic rings. The molecular formula is C22H26N6OS. The third-order valence-corrected chi connectivity index (χ3v) is 6.24. The lowest BCUT2D eigenvalue weighted by atomic mass is 10.1. The summed E-state index contributed by atoms with van der Waals surface area (Å²) in [5, 5.41) is 14.7. The van der Waals surface area contributed by atoms with Crippen molar-refractivity contribution >= 4 is 23.4 Å². The molecule has 2 heterocycles. The van der Waals surface area contributed by atoms with Crippen LogP contribution < -0.4 is 5.32 Å². The number of aromatic nitrogens is 4. The quantitative estimate of drug-likeness (QED) is 0.562. The van der Waals surface area contributed by atoms with Crippen molar-refractivity contribution in [2.45, 2.75) is 36.2 Å². The van der Waals surface area contributed by atoms with Crippen LogP contribution in [0.15, 0.2) is 65.8 Å². The smallest absolute Gasteiger partial charge is 0.241 e. The molecule has 1 aliphatic heterocycles. The van der Waals surface area contributed by atoms with Crippen molar-refractivity contribution < 1.29 is 4.79 Å². The summed E-state index contributed by atoms with van der Waals surface area (Å²) in [6.45, 7) is 1.62. The number of hydrogen-bond donors (Lipinski definition) is 1. The molecule has 0 spiro atoms. The first-order valence-corrected chi connectivity index (χ1v) is 11.4. The van der Waals surface area contributed by atoms with Crippen molar-refractivity contribution in [2.24, 2.45) is 0 Å². The highest BCUT2D eigenvalue weighted by Gasteiger charge is 2.37. The highest BCUT2D eigenvalue weighted by Crippen LogP contribution is 2.28. The van der Waals surface area contributed by atoms with E-state index in [0.29, 0.717) is 6.42 Å². The third-order valence-electron chi connectivity index (χ3n) is 5.51. The van der Waals surface area contributed by atoms with E-state index in [0.717, 1.165) is 36.5 Å². The van der Waals surface area contributed by atoms with Gasteiger partial charge in [-0.2, -0.15) is 0 Å². The molecule has 0 radical (unpaired) electrons. The van der Waals surface area contributed by atoms with Gasteiger partial charge in [0.2, 0.25) is 5.91 Å². The van der Waals surface area contributed by atoms with Gasteiger partial charge in [0.25, 0.3) is 0 Å². The van der Waals surface area contributed by atoms with Gasteiger partial charge in [-0.05, 0) is 66.3 Å². The van der Waals surface area contributed by atoms with Crippen molar-refractivity contribution in [3.8, 4) is 0 Å². The summed E-state index contributed by atoms with van der Waals surface area (Å²) in [4.78, 5) is 16.5. The lowest BCUT2D eigenvalue weighted by Gasteiger charge is -2.23. The van der Waals surface area contributed by atoms with E-state index in [4.69, 9.17) is 0 Å². The van der Waals surface area contributed by atoms with Gasteiger partial charge < -0.3 is 5.32 Å². The number of aryl methyl sites for hydroxylation is 1. The van der Waals surface area contributed by atoms with Crippen LogP contribution in [0.3, 0.4) is 0 Å². The standard InChI is InChI=1S/C22H26N6OS/c1-30-20-11-5-10-18(13-20)24-22(29)21-14-19(28-16-23-25-26-28)15-27(21)12-6-9-17-7-3-2-4-8-17/h2-5,7-8,10-11,13,16,19,21H,6,9,12,14-15H2,1H3,(H,24,29)/t19-,21-/m0/s1. The highest BCUT2D eigenvalue weighted by molar-refractivity contribution is 7.98. The molecule has 0 unspecified atom stereocenters. The number of tetrazole rings is 1. The largest absolute Gasteiger partial charge is 0.325 e. The zero-order valence-electron chi connectivity index (χ0n) is 17.0. The molecule has 1 N–H and O–H groups in total. The number of carbonyl (C=O) groups is 1.